The summed E-state index contributed by atoms with van der Waals surface area (Å²) in [4.78, 5) is 28.8. The molecule has 34 heavy (non-hydrogen) atoms. The highest BCUT2D eigenvalue weighted by atomic mass is 16.2. The van der Waals surface area contributed by atoms with Crippen molar-refractivity contribution in [3.05, 3.63) is 96.7 Å². The summed E-state index contributed by atoms with van der Waals surface area (Å²) in [5, 5.41) is 7.68. The predicted molar refractivity (Wildman–Crippen MR) is 133 cm³/mol. The summed E-state index contributed by atoms with van der Waals surface area (Å²) >= 11 is 0. The van der Waals surface area contributed by atoms with Crippen LogP contribution in [0.25, 0.3) is 16.9 Å². The maximum atomic E-state index is 13.2. The van der Waals surface area contributed by atoms with E-state index >= 15 is 0 Å². The number of nitrogens with zero attached hydrogens (tertiary/aromatic N) is 4. The first-order chi connectivity index (χ1) is 16.6. The van der Waals surface area contributed by atoms with Gasteiger partial charge < -0.3 is 5.32 Å². The van der Waals surface area contributed by atoms with Crippen LogP contribution in [0.2, 0.25) is 0 Å². The predicted octanol–water partition coefficient (Wildman–Crippen LogP) is 3.96. The van der Waals surface area contributed by atoms with Gasteiger partial charge in [0.15, 0.2) is 0 Å². The molecule has 5 rings (SSSR count). The van der Waals surface area contributed by atoms with Crippen LogP contribution < -0.4 is 10.2 Å². The van der Waals surface area contributed by atoms with E-state index in [9.17, 15) is 9.59 Å². The molecule has 1 aliphatic rings. The van der Waals surface area contributed by atoms with Crippen LogP contribution in [0.4, 0.5) is 11.4 Å². The summed E-state index contributed by atoms with van der Waals surface area (Å²) in [5.41, 5.74) is 5.27. The van der Waals surface area contributed by atoms with Gasteiger partial charge in [-0.05, 0) is 31.3 Å². The molecular formula is C27H25N5O2. The van der Waals surface area contributed by atoms with Crippen LogP contribution >= 0.6 is 0 Å². The fraction of sp³-hybridized carbons (Fsp3) is 0.148. The first kappa shape index (κ1) is 21.6. The molecule has 170 valence electrons. The molecule has 0 aliphatic carbocycles. The maximum absolute atomic E-state index is 13.2. The zero-order chi connectivity index (χ0) is 23.5. The summed E-state index contributed by atoms with van der Waals surface area (Å²) < 4.78 is 1.87. The number of nitrogens with one attached hydrogen (secondary N) is 1. The Morgan fingerprint density at radius 2 is 1.65 bits per heavy atom. The zero-order valence-corrected chi connectivity index (χ0v) is 18.9. The third-order valence-corrected chi connectivity index (χ3v) is 5.78. The molecule has 0 bridgehead atoms. The highest BCUT2D eigenvalue weighted by molar-refractivity contribution is 6.10. The summed E-state index contributed by atoms with van der Waals surface area (Å²) in [6, 6.07) is 27.4. The normalized spacial score (nSPS) is 13.0. The Labute approximate surface area is 198 Å². The highest BCUT2D eigenvalue weighted by Crippen LogP contribution is 2.29. The second-order valence-corrected chi connectivity index (χ2v) is 8.37. The molecular weight excluding hydrogens is 426 g/mol. The highest BCUT2D eigenvalue weighted by Gasteiger charge is 2.27. The van der Waals surface area contributed by atoms with Gasteiger partial charge in [0, 0.05) is 23.9 Å². The molecule has 1 aliphatic heterocycles. The number of hydrogen-bond acceptors (Lipinski definition) is 4. The lowest BCUT2D eigenvalue weighted by Gasteiger charge is -2.30. The molecule has 0 atom stereocenters. The molecule has 0 saturated carbocycles. The van der Waals surface area contributed by atoms with Crippen molar-refractivity contribution in [2.24, 2.45) is 0 Å². The minimum absolute atomic E-state index is 0.0187. The molecule has 4 aromatic rings. The average Bonchev–Trinajstić information content (AvgIpc) is 3.28. The molecule has 3 aromatic carbocycles. The van der Waals surface area contributed by atoms with Crippen LogP contribution in [-0.4, -0.2) is 46.6 Å². The smallest absolute Gasteiger partial charge is 0.244 e. The van der Waals surface area contributed by atoms with Crippen LogP contribution in [0.5, 0.6) is 0 Å². The lowest BCUT2D eigenvalue weighted by atomic mass is 10.1. The number of hydrogen-bond donors (Lipinski definition) is 1. The summed E-state index contributed by atoms with van der Waals surface area (Å²) in [5.74, 6) is -0.313. The standard InChI is InChI=1S/C27H25N5O2/c1-30(19-26(34)31-18-25(33)28-23-14-8-9-15-24(23)31)16-21-17-32(22-12-6-3-7-13-22)29-27(21)20-10-4-2-5-11-20/h2-15,17H,16,18-19H2,1H3,(H,28,33). The van der Waals surface area contributed by atoms with Crippen LogP contribution in [0.15, 0.2) is 91.1 Å². The first-order valence-electron chi connectivity index (χ1n) is 11.2. The fourth-order valence-corrected chi connectivity index (χ4v) is 4.20. The van der Waals surface area contributed by atoms with Gasteiger partial charge in [-0.25, -0.2) is 4.68 Å². The molecule has 2 heterocycles. The number of fused-ring (bicyclic) bond motifs is 1. The van der Waals surface area contributed by atoms with Crippen LogP contribution in [-0.2, 0) is 16.1 Å². The number of carbonyl (C=O) groups is 2. The van der Waals surface area contributed by atoms with Crippen molar-refractivity contribution in [1.29, 1.82) is 0 Å². The number of benzene rings is 3. The van der Waals surface area contributed by atoms with E-state index in [4.69, 9.17) is 5.10 Å². The van der Waals surface area contributed by atoms with E-state index in [1.165, 1.54) is 0 Å². The number of likely N-dealkylation sites (N-methyl/N-ethyl adjacent to an activating group) is 1. The Kier molecular flexibility index (Phi) is 5.93. The van der Waals surface area contributed by atoms with Gasteiger partial charge in [-0.3, -0.25) is 19.4 Å². The van der Waals surface area contributed by atoms with E-state index in [1.54, 1.807) is 11.0 Å². The number of para-hydroxylation sites is 3. The summed E-state index contributed by atoms with van der Waals surface area (Å²) in [6.45, 7) is 0.724. The van der Waals surface area contributed by atoms with E-state index < -0.39 is 0 Å². The quantitative estimate of drug-likeness (QED) is 0.482. The molecule has 7 heteroatoms. The Morgan fingerprint density at radius 1 is 0.971 bits per heavy atom. The minimum atomic E-state index is -0.190. The third-order valence-electron chi connectivity index (χ3n) is 5.78. The Hall–Kier alpha value is -4.23. The van der Waals surface area contributed by atoms with Gasteiger partial charge in [-0.1, -0.05) is 60.7 Å². The Bertz CT molecular complexity index is 1320. The number of aromatic nitrogens is 2. The van der Waals surface area contributed by atoms with Crippen molar-refractivity contribution in [3.8, 4) is 16.9 Å². The molecule has 0 fully saturated rings. The zero-order valence-electron chi connectivity index (χ0n) is 18.9. The fourth-order valence-electron chi connectivity index (χ4n) is 4.20. The van der Waals surface area contributed by atoms with Crippen molar-refractivity contribution in [2.45, 2.75) is 6.54 Å². The average molecular weight is 452 g/mol. The monoisotopic (exact) mass is 451 g/mol. The van der Waals surface area contributed by atoms with E-state index in [0.29, 0.717) is 12.2 Å². The van der Waals surface area contributed by atoms with E-state index in [-0.39, 0.29) is 24.9 Å². The molecule has 7 nitrogen and oxygen atoms in total. The second-order valence-electron chi connectivity index (χ2n) is 8.37. The lowest BCUT2D eigenvalue weighted by molar-refractivity contribution is -0.122. The molecule has 0 unspecified atom stereocenters. The van der Waals surface area contributed by atoms with Gasteiger partial charge in [-0.2, -0.15) is 5.10 Å². The second kappa shape index (κ2) is 9.33. The van der Waals surface area contributed by atoms with Crippen molar-refractivity contribution in [2.75, 3.05) is 30.4 Å². The largest absolute Gasteiger partial charge is 0.323 e. The number of amides is 2. The topological polar surface area (TPSA) is 70.5 Å². The molecule has 0 spiro atoms. The van der Waals surface area contributed by atoms with Gasteiger partial charge in [-0.15, -0.1) is 0 Å². The molecule has 0 saturated heterocycles. The van der Waals surface area contributed by atoms with Crippen LogP contribution in [0.3, 0.4) is 0 Å². The van der Waals surface area contributed by atoms with Crippen molar-refractivity contribution in [1.82, 2.24) is 14.7 Å². The summed E-state index contributed by atoms with van der Waals surface area (Å²) in [6.07, 6.45) is 2.02. The number of rotatable bonds is 6. The van der Waals surface area contributed by atoms with Gasteiger partial charge in [0.25, 0.3) is 0 Å². The van der Waals surface area contributed by atoms with Gasteiger partial charge in [0.2, 0.25) is 11.8 Å². The van der Waals surface area contributed by atoms with Gasteiger partial charge in [0.1, 0.15) is 6.54 Å². The van der Waals surface area contributed by atoms with E-state index in [2.05, 4.69) is 5.32 Å². The number of anilines is 2. The molecule has 1 aromatic heterocycles. The van der Waals surface area contributed by atoms with Gasteiger partial charge in [0.05, 0.1) is 29.3 Å². The van der Waals surface area contributed by atoms with Crippen LogP contribution in [0.1, 0.15) is 5.56 Å². The SMILES string of the molecule is CN(CC(=O)N1CC(=O)Nc2ccccc21)Cc1cn(-c2ccccc2)nc1-c1ccccc1. The maximum Gasteiger partial charge on any atom is 0.244 e. The molecule has 1 N–H and O–H groups in total. The van der Waals surface area contributed by atoms with Crippen molar-refractivity contribution in [3.63, 3.8) is 0 Å². The lowest BCUT2D eigenvalue weighted by Crippen LogP contribution is -2.45. The Balaban J connectivity index is 1.38. The van der Waals surface area contributed by atoms with E-state index in [0.717, 1.165) is 28.2 Å². The first-order valence-corrected chi connectivity index (χ1v) is 11.2. The number of carbonyl (C=O) groups excluding carboxylic acids is 2. The van der Waals surface area contributed by atoms with Gasteiger partial charge >= 0.3 is 0 Å². The molecule has 2 amide bonds. The Morgan fingerprint density at radius 3 is 2.41 bits per heavy atom. The third kappa shape index (κ3) is 4.46. The molecule has 0 radical (unpaired) electrons. The van der Waals surface area contributed by atoms with Crippen molar-refractivity contribution >= 4 is 23.2 Å². The van der Waals surface area contributed by atoms with Crippen LogP contribution in [0, 0.1) is 0 Å². The van der Waals surface area contributed by atoms with E-state index in [1.807, 2.05) is 102 Å². The minimum Gasteiger partial charge on any atom is -0.323 e. The van der Waals surface area contributed by atoms with Crippen molar-refractivity contribution < 1.29 is 9.59 Å². The summed E-state index contributed by atoms with van der Waals surface area (Å²) in [7, 11) is 1.91.